The summed E-state index contributed by atoms with van der Waals surface area (Å²) in [5.74, 6) is -0.627. The highest BCUT2D eigenvalue weighted by atomic mass is 16.5. The molecule has 0 fully saturated rings. The number of aromatic nitrogens is 3. The van der Waals surface area contributed by atoms with Crippen molar-refractivity contribution in [2.24, 2.45) is 0 Å². The summed E-state index contributed by atoms with van der Waals surface area (Å²) in [5, 5.41) is 6.95. The molecule has 2 rings (SSSR count). The van der Waals surface area contributed by atoms with E-state index < -0.39 is 5.97 Å². The molecule has 2 aromatic rings. The topological polar surface area (TPSA) is 89.0 Å². The highest BCUT2D eigenvalue weighted by molar-refractivity contribution is 6.00. The smallest absolute Gasteiger partial charge is 0.340 e. The molecule has 0 bridgehead atoms. The van der Waals surface area contributed by atoms with E-state index in [1.807, 2.05) is 16.9 Å². The average Bonchev–Trinajstić information content (AvgIpc) is 3.12. The number of hydrogen-bond donors (Lipinski definition) is 2. The number of nitrogens with zero attached hydrogens (tertiary/aromatic N) is 2. The third kappa shape index (κ3) is 4.00. The summed E-state index contributed by atoms with van der Waals surface area (Å²) in [6.07, 6.45) is 4.38. The molecule has 0 saturated carbocycles. The highest BCUT2D eigenvalue weighted by Gasteiger charge is 2.22. The van der Waals surface area contributed by atoms with Crippen molar-refractivity contribution in [3.8, 4) is 0 Å². The van der Waals surface area contributed by atoms with Crippen molar-refractivity contribution >= 4 is 11.9 Å². The van der Waals surface area contributed by atoms with Crippen LogP contribution < -0.4 is 5.32 Å². The van der Waals surface area contributed by atoms with Crippen molar-refractivity contribution in [1.82, 2.24) is 20.1 Å². The Morgan fingerprint density at radius 1 is 1.39 bits per heavy atom. The maximum absolute atomic E-state index is 12.3. The Hall–Kier alpha value is -2.57. The molecule has 7 nitrogen and oxygen atoms in total. The number of H-pyrrole nitrogens is 1. The average molecular weight is 318 g/mol. The Balaban J connectivity index is 1.94. The van der Waals surface area contributed by atoms with Gasteiger partial charge in [-0.05, 0) is 38.8 Å². The number of esters is 1. The van der Waals surface area contributed by atoms with Crippen LogP contribution in [0.15, 0.2) is 18.5 Å². The summed E-state index contributed by atoms with van der Waals surface area (Å²) in [6.45, 7) is 6.83. The zero-order valence-corrected chi connectivity index (χ0v) is 13.7. The summed E-state index contributed by atoms with van der Waals surface area (Å²) < 4.78 is 6.84. The lowest BCUT2D eigenvalue weighted by Crippen LogP contribution is -2.26. The van der Waals surface area contributed by atoms with E-state index >= 15 is 0 Å². The molecule has 124 valence electrons. The summed E-state index contributed by atoms with van der Waals surface area (Å²) in [7, 11) is 0. The van der Waals surface area contributed by atoms with Gasteiger partial charge < -0.3 is 15.0 Å². The number of aromatic amines is 1. The van der Waals surface area contributed by atoms with Crippen LogP contribution in [0.3, 0.4) is 0 Å². The maximum atomic E-state index is 12.3. The van der Waals surface area contributed by atoms with Gasteiger partial charge in [0.1, 0.15) is 5.69 Å². The van der Waals surface area contributed by atoms with Crippen LogP contribution in [-0.2, 0) is 11.3 Å². The SMILES string of the molecule is CCOC(=O)c1c(C)[nH]c(C(=O)NCCCn2cccn2)c1C. The van der Waals surface area contributed by atoms with Crippen LogP contribution in [0.2, 0.25) is 0 Å². The van der Waals surface area contributed by atoms with Crippen LogP contribution >= 0.6 is 0 Å². The number of carbonyl (C=O) groups excluding carboxylic acids is 2. The standard InChI is InChI=1S/C16H22N4O3/c1-4-23-16(22)13-11(2)14(19-12(13)3)15(21)17-7-5-9-20-10-6-8-18-20/h6,8,10,19H,4-5,7,9H2,1-3H3,(H,17,21). The number of carbonyl (C=O) groups is 2. The molecular formula is C16H22N4O3. The van der Waals surface area contributed by atoms with Crippen molar-refractivity contribution in [1.29, 1.82) is 0 Å². The van der Waals surface area contributed by atoms with Gasteiger partial charge in [-0.3, -0.25) is 9.48 Å². The van der Waals surface area contributed by atoms with E-state index in [2.05, 4.69) is 15.4 Å². The zero-order chi connectivity index (χ0) is 16.8. The molecule has 0 unspecified atom stereocenters. The summed E-state index contributed by atoms with van der Waals surface area (Å²) in [5.41, 5.74) is 2.10. The molecule has 0 radical (unpaired) electrons. The van der Waals surface area contributed by atoms with E-state index in [4.69, 9.17) is 4.74 Å². The fourth-order valence-electron chi connectivity index (χ4n) is 2.45. The Morgan fingerprint density at radius 2 is 2.17 bits per heavy atom. The normalized spacial score (nSPS) is 10.6. The second-order valence-corrected chi connectivity index (χ2v) is 5.22. The van der Waals surface area contributed by atoms with Gasteiger partial charge in [-0.1, -0.05) is 0 Å². The van der Waals surface area contributed by atoms with Gasteiger partial charge >= 0.3 is 5.97 Å². The fourth-order valence-corrected chi connectivity index (χ4v) is 2.45. The van der Waals surface area contributed by atoms with Gasteiger partial charge in [-0.15, -0.1) is 0 Å². The second kappa shape index (κ2) is 7.62. The molecule has 2 aromatic heterocycles. The highest BCUT2D eigenvalue weighted by Crippen LogP contribution is 2.19. The van der Waals surface area contributed by atoms with E-state index in [-0.39, 0.29) is 5.91 Å². The molecule has 1 amide bonds. The van der Waals surface area contributed by atoms with Crippen molar-refractivity contribution in [2.45, 2.75) is 33.7 Å². The van der Waals surface area contributed by atoms with Gasteiger partial charge in [0.05, 0.1) is 12.2 Å². The Labute approximate surface area is 135 Å². The quantitative estimate of drug-likeness (QED) is 0.602. The third-order valence-electron chi connectivity index (χ3n) is 3.55. The van der Waals surface area contributed by atoms with Gasteiger partial charge in [0.2, 0.25) is 0 Å². The fraction of sp³-hybridized carbons (Fsp3) is 0.438. The minimum Gasteiger partial charge on any atom is -0.462 e. The van der Waals surface area contributed by atoms with Gasteiger partial charge in [0.25, 0.3) is 5.91 Å². The zero-order valence-electron chi connectivity index (χ0n) is 13.7. The van der Waals surface area contributed by atoms with Crippen molar-refractivity contribution in [3.05, 3.63) is 41.0 Å². The number of ether oxygens (including phenoxy) is 1. The minimum absolute atomic E-state index is 0.221. The lowest BCUT2D eigenvalue weighted by molar-refractivity contribution is 0.0525. The van der Waals surface area contributed by atoms with Crippen molar-refractivity contribution in [2.75, 3.05) is 13.2 Å². The van der Waals surface area contributed by atoms with E-state index in [0.29, 0.717) is 35.7 Å². The number of nitrogens with one attached hydrogen (secondary N) is 2. The first kappa shape index (κ1) is 16.8. The molecule has 0 spiro atoms. The maximum Gasteiger partial charge on any atom is 0.340 e. The van der Waals surface area contributed by atoms with Crippen molar-refractivity contribution < 1.29 is 14.3 Å². The van der Waals surface area contributed by atoms with E-state index in [1.165, 1.54) is 0 Å². The molecule has 0 atom stereocenters. The van der Waals surface area contributed by atoms with Gasteiger partial charge in [0, 0.05) is 31.2 Å². The first-order chi connectivity index (χ1) is 11.0. The first-order valence-corrected chi connectivity index (χ1v) is 7.66. The van der Waals surface area contributed by atoms with Crippen LogP contribution in [0.5, 0.6) is 0 Å². The molecular weight excluding hydrogens is 296 g/mol. The predicted molar refractivity (Wildman–Crippen MR) is 85.4 cm³/mol. The van der Waals surface area contributed by atoms with E-state index in [1.54, 1.807) is 27.0 Å². The van der Waals surface area contributed by atoms with Gasteiger partial charge in [0.15, 0.2) is 0 Å². The summed E-state index contributed by atoms with van der Waals surface area (Å²) in [4.78, 5) is 27.2. The predicted octanol–water partition coefficient (Wildman–Crippen LogP) is 1.82. The van der Waals surface area contributed by atoms with Gasteiger partial charge in [-0.2, -0.15) is 5.10 Å². The molecule has 0 aliphatic heterocycles. The second-order valence-electron chi connectivity index (χ2n) is 5.22. The first-order valence-electron chi connectivity index (χ1n) is 7.66. The van der Waals surface area contributed by atoms with Crippen LogP contribution in [0.4, 0.5) is 0 Å². The molecule has 0 aliphatic rings. The van der Waals surface area contributed by atoms with Crippen LogP contribution in [0.1, 0.15) is 45.4 Å². The molecule has 2 N–H and O–H groups in total. The van der Waals surface area contributed by atoms with E-state index in [0.717, 1.165) is 13.0 Å². The van der Waals surface area contributed by atoms with Crippen LogP contribution in [-0.4, -0.2) is 39.8 Å². The third-order valence-corrected chi connectivity index (χ3v) is 3.55. The monoisotopic (exact) mass is 318 g/mol. The lowest BCUT2D eigenvalue weighted by Gasteiger charge is -2.06. The van der Waals surface area contributed by atoms with Crippen LogP contribution in [0, 0.1) is 13.8 Å². The van der Waals surface area contributed by atoms with Crippen LogP contribution in [0.25, 0.3) is 0 Å². The molecule has 23 heavy (non-hydrogen) atoms. The summed E-state index contributed by atoms with van der Waals surface area (Å²) >= 11 is 0. The minimum atomic E-state index is -0.406. The molecule has 7 heteroatoms. The largest absolute Gasteiger partial charge is 0.462 e. The molecule has 0 aliphatic carbocycles. The van der Waals surface area contributed by atoms with Gasteiger partial charge in [-0.25, -0.2) is 4.79 Å². The number of amides is 1. The molecule has 2 heterocycles. The summed E-state index contributed by atoms with van der Waals surface area (Å²) in [6, 6.07) is 1.86. The molecule has 0 aromatic carbocycles. The Bertz CT molecular complexity index is 674. The number of hydrogen-bond acceptors (Lipinski definition) is 4. The van der Waals surface area contributed by atoms with Crippen molar-refractivity contribution in [3.63, 3.8) is 0 Å². The van der Waals surface area contributed by atoms with E-state index in [9.17, 15) is 9.59 Å². The Kier molecular flexibility index (Phi) is 5.56. The molecule has 0 saturated heterocycles. The number of aryl methyl sites for hydroxylation is 2. The Morgan fingerprint density at radius 3 is 2.83 bits per heavy atom. The lowest BCUT2D eigenvalue weighted by atomic mass is 10.1. The number of rotatable bonds is 7.